The van der Waals surface area contributed by atoms with Crippen molar-refractivity contribution in [2.75, 3.05) is 5.32 Å². The van der Waals surface area contributed by atoms with Crippen LogP contribution in [0.3, 0.4) is 0 Å². The van der Waals surface area contributed by atoms with E-state index in [1.54, 1.807) is 6.20 Å². The van der Waals surface area contributed by atoms with E-state index >= 15 is 0 Å². The van der Waals surface area contributed by atoms with Crippen molar-refractivity contribution in [3.05, 3.63) is 53.5 Å². The van der Waals surface area contributed by atoms with Crippen molar-refractivity contribution >= 4 is 16.9 Å². The second-order valence-corrected chi connectivity index (χ2v) is 4.73. The van der Waals surface area contributed by atoms with Crippen molar-refractivity contribution in [2.45, 2.75) is 20.4 Å². The van der Waals surface area contributed by atoms with Gasteiger partial charge in [-0.05, 0) is 37.6 Å². The summed E-state index contributed by atoms with van der Waals surface area (Å²) < 4.78 is 0. The van der Waals surface area contributed by atoms with E-state index in [9.17, 15) is 0 Å². The van der Waals surface area contributed by atoms with Gasteiger partial charge in [-0.25, -0.2) is 9.97 Å². The number of imidazole rings is 1. The molecule has 0 saturated carbocycles. The maximum Gasteiger partial charge on any atom is 0.178 e. The zero-order valence-corrected chi connectivity index (χ0v) is 11.1. The number of hydrogen-bond acceptors (Lipinski definition) is 3. The molecule has 2 aromatic heterocycles. The molecule has 96 valence electrons. The SMILES string of the molecule is Cc1ccc(NCc2nc3nccc(C)c3[nH]2)cc1. The zero-order valence-electron chi connectivity index (χ0n) is 11.1. The molecule has 0 aliphatic carbocycles. The first kappa shape index (κ1) is 11.7. The lowest BCUT2D eigenvalue weighted by atomic mass is 10.2. The minimum atomic E-state index is 0.666. The van der Waals surface area contributed by atoms with Gasteiger partial charge in [0.25, 0.3) is 0 Å². The predicted octanol–water partition coefficient (Wildman–Crippen LogP) is 3.19. The number of fused-ring (bicyclic) bond motifs is 1. The molecule has 0 saturated heterocycles. The Hall–Kier alpha value is -2.36. The third-order valence-electron chi connectivity index (χ3n) is 3.16. The Bertz CT molecular complexity index is 698. The molecule has 0 aliphatic heterocycles. The average molecular weight is 252 g/mol. The number of aromatic nitrogens is 3. The summed E-state index contributed by atoms with van der Waals surface area (Å²) in [5.74, 6) is 0.900. The van der Waals surface area contributed by atoms with E-state index in [1.165, 1.54) is 11.1 Å². The zero-order chi connectivity index (χ0) is 13.2. The quantitative estimate of drug-likeness (QED) is 0.752. The van der Waals surface area contributed by atoms with Crippen LogP contribution in [0.25, 0.3) is 11.2 Å². The smallest absolute Gasteiger partial charge is 0.178 e. The van der Waals surface area contributed by atoms with E-state index in [1.807, 2.05) is 6.07 Å². The number of rotatable bonds is 3. The fraction of sp³-hybridized carbons (Fsp3) is 0.200. The highest BCUT2D eigenvalue weighted by atomic mass is 15.0. The van der Waals surface area contributed by atoms with Crippen molar-refractivity contribution in [1.29, 1.82) is 0 Å². The molecule has 2 heterocycles. The van der Waals surface area contributed by atoms with Gasteiger partial charge in [0, 0.05) is 11.9 Å². The molecule has 0 amide bonds. The predicted molar refractivity (Wildman–Crippen MR) is 77.1 cm³/mol. The first-order valence-corrected chi connectivity index (χ1v) is 6.33. The van der Waals surface area contributed by atoms with Crippen LogP contribution in [0.1, 0.15) is 17.0 Å². The van der Waals surface area contributed by atoms with Crippen molar-refractivity contribution in [3.63, 3.8) is 0 Å². The Balaban J connectivity index is 1.78. The highest BCUT2D eigenvalue weighted by Gasteiger charge is 2.05. The van der Waals surface area contributed by atoms with E-state index in [0.29, 0.717) is 6.54 Å². The maximum atomic E-state index is 4.48. The summed E-state index contributed by atoms with van der Waals surface area (Å²) in [4.78, 5) is 12.0. The van der Waals surface area contributed by atoms with Crippen molar-refractivity contribution in [1.82, 2.24) is 15.0 Å². The van der Waals surface area contributed by atoms with Gasteiger partial charge in [0.2, 0.25) is 0 Å². The van der Waals surface area contributed by atoms with Gasteiger partial charge >= 0.3 is 0 Å². The van der Waals surface area contributed by atoms with Gasteiger partial charge in [-0.1, -0.05) is 17.7 Å². The molecule has 0 fully saturated rings. The molecule has 0 unspecified atom stereocenters. The molecule has 1 aromatic carbocycles. The molecule has 4 nitrogen and oxygen atoms in total. The van der Waals surface area contributed by atoms with Crippen molar-refractivity contribution < 1.29 is 0 Å². The Kier molecular flexibility index (Phi) is 2.91. The van der Waals surface area contributed by atoms with Crippen molar-refractivity contribution in [2.24, 2.45) is 0 Å². The highest BCUT2D eigenvalue weighted by molar-refractivity contribution is 5.74. The average Bonchev–Trinajstić information content (AvgIpc) is 2.83. The number of aryl methyl sites for hydroxylation is 2. The number of benzene rings is 1. The van der Waals surface area contributed by atoms with Gasteiger partial charge in [-0.3, -0.25) is 0 Å². The first-order valence-electron chi connectivity index (χ1n) is 6.33. The van der Waals surface area contributed by atoms with E-state index in [4.69, 9.17) is 0 Å². The van der Waals surface area contributed by atoms with E-state index in [2.05, 4.69) is 58.4 Å². The molecule has 0 spiro atoms. The summed E-state index contributed by atoms with van der Waals surface area (Å²) in [6, 6.07) is 10.3. The standard InChI is InChI=1S/C15H16N4/c1-10-3-5-12(6-4-10)17-9-13-18-14-11(2)7-8-16-15(14)19-13/h3-8,17H,9H2,1-2H3,(H,16,18,19). The summed E-state index contributed by atoms with van der Waals surface area (Å²) in [5, 5.41) is 3.35. The lowest BCUT2D eigenvalue weighted by molar-refractivity contribution is 1.01. The monoisotopic (exact) mass is 252 g/mol. The van der Waals surface area contributed by atoms with Gasteiger partial charge in [-0.2, -0.15) is 0 Å². The molecule has 3 aromatic rings. The normalized spacial score (nSPS) is 10.8. The number of pyridine rings is 1. The van der Waals surface area contributed by atoms with Crippen LogP contribution in [-0.4, -0.2) is 15.0 Å². The Labute approximate surface area is 111 Å². The number of aromatic amines is 1. The minimum Gasteiger partial charge on any atom is -0.378 e. The fourth-order valence-corrected chi connectivity index (χ4v) is 2.02. The number of H-pyrrole nitrogens is 1. The molecule has 4 heteroatoms. The van der Waals surface area contributed by atoms with Gasteiger partial charge < -0.3 is 10.3 Å². The molecule has 19 heavy (non-hydrogen) atoms. The van der Waals surface area contributed by atoms with E-state index in [-0.39, 0.29) is 0 Å². The summed E-state index contributed by atoms with van der Waals surface area (Å²) in [7, 11) is 0. The summed E-state index contributed by atoms with van der Waals surface area (Å²) >= 11 is 0. The van der Waals surface area contributed by atoms with Gasteiger partial charge in [-0.15, -0.1) is 0 Å². The number of anilines is 1. The van der Waals surface area contributed by atoms with Gasteiger partial charge in [0.05, 0.1) is 12.1 Å². The maximum absolute atomic E-state index is 4.48. The first-order chi connectivity index (χ1) is 9.22. The summed E-state index contributed by atoms with van der Waals surface area (Å²) in [6.07, 6.45) is 1.79. The molecule has 0 bridgehead atoms. The molecule has 2 N–H and O–H groups in total. The van der Waals surface area contributed by atoms with Crippen LogP contribution in [0, 0.1) is 13.8 Å². The van der Waals surface area contributed by atoms with Gasteiger partial charge in [0.1, 0.15) is 5.82 Å². The fourth-order valence-electron chi connectivity index (χ4n) is 2.02. The van der Waals surface area contributed by atoms with Crippen LogP contribution in [0.2, 0.25) is 0 Å². The van der Waals surface area contributed by atoms with Crippen LogP contribution in [0.15, 0.2) is 36.5 Å². The molecule has 0 aliphatic rings. The largest absolute Gasteiger partial charge is 0.378 e. The third-order valence-corrected chi connectivity index (χ3v) is 3.16. The minimum absolute atomic E-state index is 0.666. The second kappa shape index (κ2) is 4.72. The number of nitrogens with zero attached hydrogens (tertiary/aromatic N) is 2. The molecular weight excluding hydrogens is 236 g/mol. The number of hydrogen-bond donors (Lipinski definition) is 2. The third kappa shape index (κ3) is 2.42. The van der Waals surface area contributed by atoms with Crippen LogP contribution in [-0.2, 0) is 6.54 Å². The molecule has 0 atom stereocenters. The van der Waals surface area contributed by atoms with E-state index < -0.39 is 0 Å². The van der Waals surface area contributed by atoms with Crippen LogP contribution in [0.4, 0.5) is 5.69 Å². The summed E-state index contributed by atoms with van der Waals surface area (Å²) in [6.45, 7) is 4.80. The van der Waals surface area contributed by atoms with Crippen LogP contribution in [0.5, 0.6) is 0 Å². The molecular formula is C15H16N4. The Morgan fingerprint density at radius 2 is 1.89 bits per heavy atom. The van der Waals surface area contributed by atoms with Crippen molar-refractivity contribution in [3.8, 4) is 0 Å². The lowest BCUT2D eigenvalue weighted by Gasteiger charge is -2.04. The second-order valence-electron chi connectivity index (χ2n) is 4.73. The Morgan fingerprint density at radius 1 is 1.11 bits per heavy atom. The van der Waals surface area contributed by atoms with E-state index in [0.717, 1.165) is 22.7 Å². The Morgan fingerprint density at radius 3 is 2.63 bits per heavy atom. The summed E-state index contributed by atoms with van der Waals surface area (Å²) in [5.41, 5.74) is 5.31. The van der Waals surface area contributed by atoms with Crippen LogP contribution >= 0.6 is 0 Å². The topological polar surface area (TPSA) is 53.6 Å². The molecule has 3 rings (SSSR count). The lowest BCUT2D eigenvalue weighted by Crippen LogP contribution is -2.00. The molecule has 0 radical (unpaired) electrons. The van der Waals surface area contributed by atoms with Gasteiger partial charge in [0.15, 0.2) is 5.65 Å². The number of nitrogens with one attached hydrogen (secondary N) is 2. The van der Waals surface area contributed by atoms with Crippen LogP contribution < -0.4 is 5.32 Å². The highest BCUT2D eigenvalue weighted by Crippen LogP contribution is 2.14.